The molecule has 2 unspecified atom stereocenters. The standard InChI is InChI=1S/C16H30N2O2/c1-3-19-12-10-18(11-13-20-4-2)16-9-7-5-6-8-15(16)14-17/h15-16H,3-13H2,1-2H3. The number of ether oxygens (including phenoxy) is 2. The third-order valence-corrected chi connectivity index (χ3v) is 4.07. The zero-order chi connectivity index (χ0) is 14.6. The van der Waals surface area contributed by atoms with E-state index in [2.05, 4.69) is 11.0 Å². The molecule has 4 nitrogen and oxygen atoms in total. The minimum Gasteiger partial charge on any atom is -0.380 e. The van der Waals surface area contributed by atoms with Gasteiger partial charge >= 0.3 is 0 Å². The van der Waals surface area contributed by atoms with Gasteiger partial charge in [0.1, 0.15) is 0 Å². The lowest BCUT2D eigenvalue weighted by Crippen LogP contribution is -2.43. The summed E-state index contributed by atoms with van der Waals surface area (Å²) >= 11 is 0. The van der Waals surface area contributed by atoms with Crippen molar-refractivity contribution in [1.29, 1.82) is 5.26 Å². The maximum atomic E-state index is 9.44. The number of nitriles is 1. The number of nitrogens with zero attached hydrogens (tertiary/aromatic N) is 2. The summed E-state index contributed by atoms with van der Waals surface area (Å²) in [6.45, 7) is 8.86. The highest BCUT2D eigenvalue weighted by Gasteiger charge is 2.28. The molecule has 0 aromatic rings. The molecule has 0 heterocycles. The Kier molecular flexibility index (Phi) is 9.65. The highest BCUT2D eigenvalue weighted by molar-refractivity contribution is 4.94. The first-order valence-electron chi connectivity index (χ1n) is 8.12. The Morgan fingerprint density at radius 1 is 1.00 bits per heavy atom. The second-order valence-electron chi connectivity index (χ2n) is 5.37. The molecule has 0 radical (unpaired) electrons. The van der Waals surface area contributed by atoms with Crippen LogP contribution in [0, 0.1) is 17.2 Å². The van der Waals surface area contributed by atoms with Crippen molar-refractivity contribution in [3.63, 3.8) is 0 Å². The molecule has 0 aliphatic heterocycles. The van der Waals surface area contributed by atoms with Crippen LogP contribution in [-0.2, 0) is 9.47 Å². The highest BCUT2D eigenvalue weighted by atomic mass is 16.5. The van der Waals surface area contributed by atoms with Crippen LogP contribution in [0.25, 0.3) is 0 Å². The number of rotatable bonds is 9. The summed E-state index contributed by atoms with van der Waals surface area (Å²) in [5.41, 5.74) is 0. The SMILES string of the molecule is CCOCCN(CCOCC)C1CCCCCC1C#N. The average molecular weight is 282 g/mol. The molecule has 4 heteroatoms. The Hall–Kier alpha value is -0.630. The van der Waals surface area contributed by atoms with E-state index in [1.165, 1.54) is 19.3 Å². The van der Waals surface area contributed by atoms with Crippen LogP contribution in [0.4, 0.5) is 0 Å². The minimum absolute atomic E-state index is 0.167. The van der Waals surface area contributed by atoms with Crippen LogP contribution in [0.15, 0.2) is 0 Å². The molecule has 1 aliphatic rings. The molecular formula is C16H30N2O2. The zero-order valence-corrected chi connectivity index (χ0v) is 13.1. The third kappa shape index (κ3) is 6.21. The van der Waals surface area contributed by atoms with Gasteiger partial charge in [0.05, 0.1) is 25.2 Å². The Morgan fingerprint density at radius 3 is 2.15 bits per heavy atom. The number of hydrogen-bond acceptors (Lipinski definition) is 4. The van der Waals surface area contributed by atoms with Crippen molar-refractivity contribution in [1.82, 2.24) is 4.90 Å². The van der Waals surface area contributed by atoms with Crippen LogP contribution < -0.4 is 0 Å². The molecule has 20 heavy (non-hydrogen) atoms. The van der Waals surface area contributed by atoms with Gasteiger partial charge in [0.25, 0.3) is 0 Å². The van der Waals surface area contributed by atoms with Gasteiger partial charge in [-0.05, 0) is 26.7 Å². The second kappa shape index (κ2) is 11.1. The van der Waals surface area contributed by atoms with E-state index in [1.54, 1.807) is 0 Å². The molecule has 2 atom stereocenters. The average Bonchev–Trinajstić information content (AvgIpc) is 2.71. The van der Waals surface area contributed by atoms with Gasteiger partial charge in [0.15, 0.2) is 0 Å². The summed E-state index contributed by atoms with van der Waals surface area (Å²) in [5, 5.41) is 9.44. The monoisotopic (exact) mass is 282 g/mol. The maximum Gasteiger partial charge on any atom is 0.0672 e. The molecule has 1 saturated carbocycles. The highest BCUT2D eigenvalue weighted by Crippen LogP contribution is 2.27. The fourth-order valence-electron chi connectivity index (χ4n) is 2.97. The van der Waals surface area contributed by atoms with E-state index in [-0.39, 0.29) is 5.92 Å². The van der Waals surface area contributed by atoms with Gasteiger partial charge in [0.2, 0.25) is 0 Å². The van der Waals surface area contributed by atoms with E-state index in [0.717, 1.165) is 52.4 Å². The smallest absolute Gasteiger partial charge is 0.0672 e. The largest absolute Gasteiger partial charge is 0.380 e. The first-order valence-corrected chi connectivity index (χ1v) is 8.12. The van der Waals surface area contributed by atoms with E-state index < -0.39 is 0 Å². The first kappa shape index (κ1) is 17.4. The van der Waals surface area contributed by atoms with Crippen LogP contribution in [0.2, 0.25) is 0 Å². The van der Waals surface area contributed by atoms with Gasteiger partial charge < -0.3 is 9.47 Å². The summed E-state index contributed by atoms with van der Waals surface area (Å²) in [7, 11) is 0. The van der Waals surface area contributed by atoms with Gasteiger partial charge in [-0.1, -0.05) is 19.3 Å². The van der Waals surface area contributed by atoms with Crippen LogP contribution in [-0.4, -0.2) is 50.5 Å². The molecule has 0 saturated heterocycles. The molecule has 0 aromatic carbocycles. The van der Waals surface area contributed by atoms with Crippen molar-refractivity contribution < 1.29 is 9.47 Å². The van der Waals surface area contributed by atoms with Crippen molar-refractivity contribution in [2.75, 3.05) is 39.5 Å². The number of hydrogen-bond donors (Lipinski definition) is 0. The van der Waals surface area contributed by atoms with E-state index in [0.29, 0.717) is 6.04 Å². The fraction of sp³-hybridized carbons (Fsp3) is 0.938. The molecule has 0 amide bonds. The fourth-order valence-corrected chi connectivity index (χ4v) is 2.97. The van der Waals surface area contributed by atoms with E-state index in [1.807, 2.05) is 13.8 Å². The summed E-state index contributed by atoms with van der Waals surface area (Å²) in [6.07, 6.45) is 5.87. The Balaban J connectivity index is 2.58. The quantitative estimate of drug-likeness (QED) is 0.482. The van der Waals surface area contributed by atoms with E-state index in [9.17, 15) is 5.26 Å². The summed E-state index contributed by atoms with van der Waals surface area (Å²) in [6, 6.07) is 2.91. The summed E-state index contributed by atoms with van der Waals surface area (Å²) < 4.78 is 11.0. The Labute approximate surface area is 124 Å². The molecule has 116 valence electrons. The topological polar surface area (TPSA) is 45.5 Å². The van der Waals surface area contributed by atoms with Gasteiger partial charge in [0, 0.05) is 32.3 Å². The van der Waals surface area contributed by atoms with Crippen LogP contribution in [0.3, 0.4) is 0 Å². The van der Waals surface area contributed by atoms with Crippen molar-refractivity contribution >= 4 is 0 Å². The van der Waals surface area contributed by atoms with Crippen LogP contribution in [0.1, 0.15) is 46.0 Å². The maximum absolute atomic E-state index is 9.44. The molecule has 1 aliphatic carbocycles. The lowest BCUT2D eigenvalue weighted by Gasteiger charge is -2.33. The molecule has 0 bridgehead atoms. The first-order chi connectivity index (χ1) is 9.83. The van der Waals surface area contributed by atoms with Crippen LogP contribution >= 0.6 is 0 Å². The molecule has 0 spiro atoms. The van der Waals surface area contributed by atoms with Crippen molar-refractivity contribution in [2.45, 2.75) is 52.0 Å². The van der Waals surface area contributed by atoms with E-state index in [4.69, 9.17) is 9.47 Å². The zero-order valence-electron chi connectivity index (χ0n) is 13.1. The normalized spacial score (nSPS) is 23.5. The molecule has 0 aromatic heterocycles. The predicted molar refractivity (Wildman–Crippen MR) is 80.5 cm³/mol. The molecule has 1 fully saturated rings. The molecular weight excluding hydrogens is 252 g/mol. The van der Waals surface area contributed by atoms with Crippen molar-refractivity contribution in [2.24, 2.45) is 5.92 Å². The van der Waals surface area contributed by atoms with Gasteiger partial charge in [-0.3, -0.25) is 4.90 Å². The second-order valence-corrected chi connectivity index (χ2v) is 5.37. The summed E-state index contributed by atoms with van der Waals surface area (Å²) in [4.78, 5) is 2.42. The molecule has 1 rings (SSSR count). The Morgan fingerprint density at radius 2 is 1.60 bits per heavy atom. The predicted octanol–water partition coefficient (Wildman–Crippen LogP) is 2.83. The van der Waals surface area contributed by atoms with Crippen molar-refractivity contribution in [3.05, 3.63) is 0 Å². The van der Waals surface area contributed by atoms with Crippen LogP contribution in [0.5, 0.6) is 0 Å². The van der Waals surface area contributed by atoms with E-state index >= 15 is 0 Å². The lowest BCUT2D eigenvalue weighted by atomic mass is 9.94. The van der Waals surface area contributed by atoms with Gasteiger partial charge in [-0.25, -0.2) is 0 Å². The van der Waals surface area contributed by atoms with Crippen molar-refractivity contribution in [3.8, 4) is 6.07 Å². The van der Waals surface area contributed by atoms with Gasteiger partial charge in [-0.2, -0.15) is 5.26 Å². The lowest BCUT2D eigenvalue weighted by molar-refractivity contribution is 0.0511. The van der Waals surface area contributed by atoms with Gasteiger partial charge in [-0.15, -0.1) is 0 Å². The Bertz CT molecular complexity index is 268. The third-order valence-electron chi connectivity index (χ3n) is 4.07. The summed E-state index contributed by atoms with van der Waals surface area (Å²) in [5.74, 6) is 0.167. The molecule has 0 N–H and O–H groups in total. The minimum atomic E-state index is 0.167.